The highest BCUT2D eigenvalue weighted by molar-refractivity contribution is 5.05. The first-order valence-corrected chi connectivity index (χ1v) is 5.04. The van der Waals surface area contributed by atoms with Crippen molar-refractivity contribution in [1.29, 1.82) is 0 Å². The van der Waals surface area contributed by atoms with Crippen LogP contribution in [0.1, 0.15) is 30.3 Å². The molecule has 1 aromatic rings. The molecule has 76 valence electrons. The van der Waals surface area contributed by atoms with Gasteiger partial charge < -0.3 is 10.3 Å². The van der Waals surface area contributed by atoms with E-state index in [9.17, 15) is 4.79 Å². The van der Waals surface area contributed by atoms with Crippen molar-refractivity contribution < 1.29 is 0 Å². The zero-order valence-corrected chi connectivity index (χ0v) is 8.34. The third kappa shape index (κ3) is 2.01. The summed E-state index contributed by atoms with van der Waals surface area (Å²) in [7, 11) is 0. The molecule has 0 radical (unpaired) electrons. The fourth-order valence-corrected chi connectivity index (χ4v) is 1.88. The molecule has 0 bridgehead atoms. The summed E-state index contributed by atoms with van der Waals surface area (Å²) in [5.74, 6) is 1.21. The van der Waals surface area contributed by atoms with E-state index in [1.165, 1.54) is 6.07 Å². The molecule has 0 aliphatic carbocycles. The van der Waals surface area contributed by atoms with E-state index in [0.717, 1.165) is 37.4 Å². The summed E-state index contributed by atoms with van der Waals surface area (Å²) in [6.45, 7) is 3.86. The maximum absolute atomic E-state index is 11.2. The highest BCUT2D eigenvalue weighted by Gasteiger charge is 2.17. The average Bonchev–Trinajstić information content (AvgIpc) is 2.18. The predicted molar refractivity (Wildman–Crippen MR) is 54.4 cm³/mol. The minimum absolute atomic E-state index is 0.0435. The van der Waals surface area contributed by atoms with Gasteiger partial charge in [0.15, 0.2) is 0 Å². The molecule has 0 amide bonds. The van der Waals surface area contributed by atoms with E-state index in [-0.39, 0.29) is 5.56 Å². The molecule has 4 nitrogen and oxygen atoms in total. The zero-order chi connectivity index (χ0) is 9.97. The molecule has 1 aliphatic rings. The van der Waals surface area contributed by atoms with E-state index in [0.29, 0.717) is 5.92 Å². The molecule has 14 heavy (non-hydrogen) atoms. The molecule has 0 saturated carbocycles. The Bertz CT molecular complexity index is 366. The van der Waals surface area contributed by atoms with Gasteiger partial charge in [0.25, 0.3) is 5.56 Å². The Balaban J connectivity index is 2.26. The molecular weight excluding hydrogens is 178 g/mol. The third-order valence-electron chi connectivity index (χ3n) is 2.57. The lowest BCUT2D eigenvalue weighted by molar-refractivity contribution is 0.445. The first-order chi connectivity index (χ1) is 6.75. The van der Waals surface area contributed by atoms with Gasteiger partial charge in [0.1, 0.15) is 5.82 Å². The lowest BCUT2D eigenvalue weighted by Crippen LogP contribution is -2.30. The van der Waals surface area contributed by atoms with Crippen molar-refractivity contribution in [3.8, 4) is 0 Å². The second-order valence-electron chi connectivity index (χ2n) is 3.82. The number of H-pyrrole nitrogens is 1. The van der Waals surface area contributed by atoms with Gasteiger partial charge in [-0.3, -0.25) is 4.79 Å². The Morgan fingerprint density at radius 2 is 2.43 bits per heavy atom. The largest absolute Gasteiger partial charge is 0.316 e. The minimum Gasteiger partial charge on any atom is -0.316 e. The number of nitrogens with one attached hydrogen (secondary N) is 2. The number of piperidine rings is 1. The second kappa shape index (κ2) is 3.92. The van der Waals surface area contributed by atoms with Crippen LogP contribution in [0.15, 0.2) is 10.9 Å². The smallest absolute Gasteiger partial charge is 0.251 e. The third-order valence-corrected chi connectivity index (χ3v) is 2.57. The van der Waals surface area contributed by atoms with Crippen LogP contribution in [0.3, 0.4) is 0 Å². The standard InChI is InChI=1S/C10H15N3O/c1-7-5-9(14)13-10(12-7)8-3-2-4-11-6-8/h5,8,11H,2-4,6H2,1H3,(H,12,13,14)/t8-/m1/s1. The summed E-state index contributed by atoms with van der Waals surface area (Å²) in [5, 5.41) is 3.31. The summed E-state index contributed by atoms with van der Waals surface area (Å²) >= 11 is 0. The van der Waals surface area contributed by atoms with Crippen molar-refractivity contribution >= 4 is 0 Å². The Morgan fingerprint density at radius 1 is 1.57 bits per heavy atom. The van der Waals surface area contributed by atoms with Crippen LogP contribution in [-0.2, 0) is 0 Å². The van der Waals surface area contributed by atoms with Crippen LogP contribution in [0.25, 0.3) is 0 Å². The number of aromatic nitrogens is 2. The molecule has 1 fully saturated rings. The van der Waals surface area contributed by atoms with Gasteiger partial charge in [-0.15, -0.1) is 0 Å². The molecule has 2 heterocycles. The molecule has 2 rings (SSSR count). The van der Waals surface area contributed by atoms with E-state index in [1.807, 2.05) is 6.92 Å². The summed E-state index contributed by atoms with van der Waals surface area (Å²) in [6.07, 6.45) is 2.27. The Hall–Kier alpha value is -1.16. The van der Waals surface area contributed by atoms with Crippen LogP contribution >= 0.6 is 0 Å². The summed E-state index contributed by atoms with van der Waals surface area (Å²) in [4.78, 5) is 18.4. The molecule has 1 aromatic heterocycles. The van der Waals surface area contributed by atoms with E-state index >= 15 is 0 Å². The summed E-state index contributed by atoms with van der Waals surface area (Å²) in [6, 6.07) is 1.53. The fourth-order valence-electron chi connectivity index (χ4n) is 1.88. The van der Waals surface area contributed by atoms with E-state index in [2.05, 4.69) is 15.3 Å². The van der Waals surface area contributed by atoms with E-state index in [1.54, 1.807) is 0 Å². The van der Waals surface area contributed by atoms with Crippen molar-refractivity contribution in [2.24, 2.45) is 0 Å². The van der Waals surface area contributed by atoms with E-state index in [4.69, 9.17) is 0 Å². The van der Waals surface area contributed by atoms with Gasteiger partial charge in [0.05, 0.1) is 0 Å². The molecular formula is C10H15N3O. The van der Waals surface area contributed by atoms with Gasteiger partial charge in [-0.2, -0.15) is 0 Å². The SMILES string of the molecule is Cc1cc(=O)[nH]c([C@@H]2CCCNC2)n1. The van der Waals surface area contributed by atoms with Crippen molar-refractivity contribution in [2.45, 2.75) is 25.7 Å². The topological polar surface area (TPSA) is 57.8 Å². The van der Waals surface area contributed by atoms with Crippen molar-refractivity contribution in [1.82, 2.24) is 15.3 Å². The van der Waals surface area contributed by atoms with Crippen LogP contribution in [0.2, 0.25) is 0 Å². The molecule has 4 heteroatoms. The lowest BCUT2D eigenvalue weighted by atomic mass is 9.99. The summed E-state index contributed by atoms with van der Waals surface area (Å²) in [5.41, 5.74) is 0.757. The highest BCUT2D eigenvalue weighted by Crippen LogP contribution is 2.18. The van der Waals surface area contributed by atoms with Gasteiger partial charge in [-0.1, -0.05) is 0 Å². The van der Waals surface area contributed by atoms with Crippen LogP contribution in [0.4, 0.5) is 0 Å². The zero-order valence-electron chi connectivity index (χ0n) is 8.34. The number of hydrogen-bond donors (Lipinski definition) is 2. The molecule has 1 atom stereocenters. The Morgan fingerprint density at radius 3 is 3.07 bits per heavy atom. The van der Waals surface area contributed by atoms with E-state index < -0.39 is 0 Å². The molecule has 2 N–H and O–H groups in total. The lowest BCUT2D eigenvalue weighted by Gasteiger charge is -2.21. The van der Waals surface area contributed by atoms with Gasteiger partial charge in [-0.25, -0.2) is 4.98 Å². The van der Waals surface area contributed by atoms with Gasteiger partial charge in [0.2, 0.25) is 0 Å². The van der Waals surface area contributed by atoms with Crippen molar-refractivity contribution in [2.75, 3.05) is 13.1 Å². The molecule has 1 saturated heterocycles. The fraction of sp³-hybridized carbons (Fsp3) is 0.600. The van der Waals surface area contributed by atoms with Crippen LogP contribution in [0, 0.1) is 6.92 Å². The Kier molecular flexibility index (Phi) is 2.63. The summed E-state index contributed by atoms with van der Waals surface area (Å²) < 4.78 is 0. The monoisotopic (exact) mass is 193 g/mol. The van der Waals surface area contributed by atoms with Gasteiger partial charge in [-0.05, 0) is 26.3 Å². The number of rotatable bonds is 1. The maximum atomic E-state index is 11.2. The first kappa shape index (κ1) is 9.40. The highest BCUT2D eigenvalue weighted by atomic mass is 16.1. The van der Waals surface area contributed by atoms with Crippen molar-refractivity contribution in [3.63, 3.8) is 0 Å². The quantitative estimate of drug-likeness (QED) is 0.684. The van der Waals surface area contributed by atoms with Crippen LogP contribution in [-0.4, -0.2) is 23.1 Å². The van der Waals surface area contributed by atoms with Gasteiger partial charge >= 0.3 is 0 Å². The first-order valence-electron chi connectivity index (χ1n) is 5.04. The van der Waals surface area contributed by atoms with Crippen LogP contribution < -0.4 is 10.9 Å². The molecule has 0 aromatic carbocycles. The Labute approximate surface area is 82.8 Å². The van der Waals surface area contributed by atoms with Crippen molar-refractivity contribution in [3.05, 3.63) is 27.9 Å². The number of hydrogen-bond acceptors (Lipinski definition) is 3. The molecule has 0 spiro atoms. The average molecular weight is 193 g/mol. The number of aryl methyl sites for hydroxylation is 1. The second-order valence-corrected chi connectivity index (χ2v) is 3.82. The minimum atomic E-state index is -0.0435. The number of aromatic amines is 1. The predicted octanol–water partition coefficient (Wildman–Crippen LogP) is 0.545. The number of nitrogens with zero attached hydrogens (tertiary/aromatic N) is 1. The van der Waals surface area contributed by atoms with Gasteiger partial charge in [0, 0.05) is 24.2 Å². The molecule has 1 aliphatic heterocycles. The molecule has 0 unspecified atom stereocenters. The van der Waals surface area contributed by atoms with Crippen LogP contribution in [0.5, 0.6) is 0 Å². The maximum Gasteiger partial charge on any atom is 0.251 e. The normalized spacial score (nSPS) is 22.2.